The third-order valence-electron chi connectivity index (χ3n) is 9.23. The van der Waals surface area contributed by atoms with Crippen molar-refractivity contribution < 1.29 is 9.66 Å². The maximum absolute atomic E-state index is 11.0. The third kappa shape index (κ3) is 14.0. The minimum Gasteiger partial charge on any atom is -0.491 e. The topological polar surface area (TPSA) is 108 Å². The monoisotopic (exact) mass is 683 g/mol. The summed E-state index contributed by atoms with van der Waals surface area (Å²) >= 11 is 0. The van der Waals surface area contributed by atoms with E-state index in [4.69, 9.17) is 4.74 Å². The lowest BCUT2D eigenvalue weighted by Crippen LogP contribution is -2.46. The fourth-order valence-electron chi connectivity index (χ4n) is 6.12. The van der Waals surface area contributed by atoms with Crippen LogP contribution in [-0.4, -0.2) is 49.2 Å². The molecular weight excluding hydrogens is 626 g/mol. The smallest absolute Gasteiger partial charge is 0.269 e. The number of nitro benzene ring substituents is 1. The first kappa shape index (κ1) is 38.6. The van der Waals surface area contributed by atoms with Crippen molar-refractivity contribution in [3.05, 3.63) is 76.8 Å². The summed E-state index contributed by atoms with van der Waals surface area (Å²) in [5.74, 6) is 0.581. The van der Waals surface area contributed by atoms with Crippen LogP contribution in [0.5, 0.6) is 5.75 Å². The predicted molar refractivity (Wildman–Crippen MR) is 204 cm³/mol. The largest absolute Gasteiger partial charge is 0.491 e. The molecule has 0 saturated carbocycles. The van der Waals surface area contributed by atoms with E-state index < -0.39 is 4.92 Å². The number of unbranched alkanes of at least 4 members (excludes halogenated alkanes) is 12. The molecule has 1 fully saturated rings. The van der Waals surface area contributed by atoms with Crippen molar-refractivity contribution >= 4 is 34.1 Å². The van der Waals surface area contributed by atoms with E-state index >= 15 is 0 Å². The van der Waals surface area contributed by atoms with Gasteiger partial charge < -0.3 is 9.64 Å². The first-order valence-electron chi connectivity index (χ1n) is 19.0. The van der Waals surface area contributed by atoms with Gasteiger partial charge in [0.25, 0.3) is 5.69 Å². The molecule has 1 heterocycles. The molecule has 4 rings (SSSR count). The number of benzene rings is 3. The van der Waals surface area contributed by atoms with Gasteiger partial charge in [-0.1, -0.05) is 90.9 Å². The second kappa shape index (κ2) is 22.5. The number of rotatable bonds is 23. The Balaban J connectivity index is 1.29. The van der Waals surface area contributed by atoms with Crippen molar-refractivity contribution in [1.82, 2.24) is 4.90 Å². The zero-order valence-electron chi connectivity index (χ0n) is 30.3. The van der Waals surface area contributed by atoms with Crippen LogP contribution in [0.1, 0.15) is 104 Å². The maximum Gasteiger partial charge on any atom is 0.269 e. The summed E-state index contributed by atoms with van der Waals surface area (Å²) in [5.41, 5.74) is 3.77. The molecular formula is C40H57N7O3. The highest BCUT2D eigenvalue weighted by Crippen LogP contribution is 2.34. The van der Waals surface area contributed by atoms with E-state index in [1.165, 1.54) is 101 Å². The van der Waals surface area contributed by atoms with Gasteiger partial charge in [-0.05, 0) is 67.9 Å². The van der Waals surface area contributed by atoms with Gasteiger partial charge in [0.05, 0.1) is 28.6 Å². The molecule has 270 valence electrons. The molecule has 1 aliphatic heterocycles. The molecule has 1 saturated heterocycles. The van der Waals surface area contributed by atoms with E-state index in [9.17, 15) is 10.1 Å². The molecule has 1 aliphatic rings. The number of nitro groups is 1. The van der Waals surface area contributed by atoms with Crippen molar-refractivity contribution in [1.29, 1.82) is 0 Å². The Morgan fingerprint density at radius 3 is 1.76 bits per heavy atom. The third-order valence-corrected chi connectivity index (χ3v) is 9.23. The van der Waals surface area contributed by atoms with Crippen LogP contribution in [0.4, 0.5) is 34.1 Å². The summed E-state index contributed by atoms with van der Waals surface area (Å²) in [5, 5.41) is 28.7. The Hall–Kier alpha value is -4.18. The Morgan fingerprint density at radius 2 is 1.14 bits per heavy atom. The van der Waals surface area contributed by atoms with Crippen LogP contribution in [0.3, 0.4) is 0 Å². The van der Waals surface area contributed by atoms with E-state index in [0.717, 1.165) is 44.7 Å². The predicted octanol–water partition coefficient (Wildman–Crippen LogP) is 12.4. The number of azo groups is 2. The van der Waals surface area contributed by atoms with E-state index in [1.54, 1.807) is 12.1 Å². The van der Waals surface area contributed by atoms with Crippen molar-refractivity contribution in [3.63, 3.8) is 0 Å². The maximum atomic E-state index is 11.0. The van der Waals surface area contributed by atoms with Crippen LogP contribution >= 0.6 is 0 Å². The standard InChI is InChI=1S/C40H57N7O3/c1-3-5-7-9-11-12-13-15-27-45-28-30-46(31-29-45)37-22-17-34(18-23-37)41-43-36-21-26-39(40(33-36)50-32-16-14-10-8-6-4-2)44-42-35-19-24-38(25-20-35)47(48)49/h17-26,33H,3-16,27-32H2,1-2H3. The van der Waals surface area contributed by atoms with Gasteiger partial charge in [-0.25, -0.2) is 0 Å². The summed E-state index contributed by atoms with van der Waals surface area (Å²) in [6.07, 6.45) is 18.0. The van der Waals surface area contributed by atoms with E-state index in [0.29, 0.717) is 29.4 Å². The number of ether oxygens (including phenoxy) is 1. The summed E-state index contributed by atoms with van der Waals surface area (Å²) in [6, 6.07) is 19.8. The molecule has 0 aliphatic carbocycles. The van der Waals surface area contributed by atoms with Crippen LogP contribution < -0.4 is 9.64 Å². The highest BCUT2D eigenvalue weighted by Gasteiger charge is 2.17. The first-order valence-corrected chi connectivity index (χ1v) is 19.0. The van der Waals surface area contributed by atoms with Gasteiger partial charge in [-0.2, -0.15) is 15.3 Å². The van der Waals surface area contributed by atoms with Crippen molar-refractivity contribution in [2.24, 2.45) is 20.5 Å². The molecule has 0 N–H and O–H groups in total. The minimum atomic E-state index is -0.433. The Kier molecular flexibility index (Phi) is 17.4. The van der Waals surface area contributed by atoms with Crippen LogP contribution in [0.25, 0.3) is 0 Å². The molecule has 0 aromatic heterocycles. The number of nitrogens with zero attached hydrogens (tertiary/aromatic N) is 7. The fraction of sp³-hybridized carbons (Fsp3) is 0.550. The SMILES string of the molecule is CCCCCCCCCCN1CCN(c2ccc(N=Nc3ccc(N=Nc4ccc([N+](=O)[O-])cc4)c(OCCCCCCCC)c3)cc2)CC1. The summed E-state index contributed by atoms with van der Waals surface area (Å²) in [7, 11) is 0. The van der Waals surface area contributed by atoms with Gasteiger partial charge in [-0.15, -0.1) is 5.11 Å². The first-order chi connectivity index (χ1) is 24.6. The molecule has 0 radical (unpaired) electrons. The van der Waals surface area contributed by atoms with E-state index in [1.807, 2.05) is 30.3 Å². The van der Waals surface area contributed by atoms with Crippen molar-refractivity contribution in [3.8, 4) is 5.75 Å². The highest BCUT2D eigenvalue weighted by atomic mass is 16.6. The summed E-state index contributed by atoms with van der Waals surface area (Å²) in [4.78, 5) is 15.6. The Morgan fingerprint density at radius 1 is 0.620 bits per heavy atom. The van der Waals surface area contributed by atoms with Crippen molar-refractivity contribution in [2.75, 3.05) is 44.2 Å². The number of non-ortho nitro benzene ring substituents is 1. The lowest BCUT2D eigenvalue weighted by Gasteiger charge is -2.36. The quantitative estimate of drug-likeness (QED) is 0.0428. The number of hydrogen-bond donors (Lipinski definition) is 0. The average molecular weight is 684 g/mol. The zero-order chi connectivity index (χ0) is 35.2. The number of anilines is 1. The molecule has 0 amide bonds. The lowest BCUT2D eigenvalue weighted by molar-refractivity contribution is -0.384. The minimum absolute atomic E-state index is 0.0127. The van der Waals surface area contributed by atoms with Gasteiger partial charge >= 0.3 is 0 Å². The zero-order valence-corrected chi connectivity index (χ0v) is 30.3. The lowest BCUT2D eigenvalue weighted by atomic mass is 10.1. The van der Waals surface area contributed by atoms with Crippen LogP contribution in [0, 0.1) is 10.1 Å². The van der Waals surface area contributed by atoms with E-state index in [2.05, 4.69) is 56.2 Å². The van der Waals surface area contributed by atoms with Gasteiger partial charge in [0.2, 0.25) is 0 Å². The molecule has 3 aromatic carbocycles. The summed E-state index contributed by atoms with van der Waals surface area (Å²) in [6.45, 7) is 10.6. The molecule has 0 spiro atoms. The molecule has 3 aromatic rings. The van der Waals surface area contributed by atoms with Crippen LogP contribution in [-0.2, 0) is 0 Å². The number of piperazine rings is 1. The van der Waals surface area contributed by atoms with Crippen LogP contribution in [0.2, 0.25) is 0 Å². The van der Waals surface area contributed by atoms with Gasteiger partial charge in [0.15, 0.2) is 0 Å². The van der Waals surface area contributed by atoms with Gasteiger partial charge in [-0.3, -0.25) is 15.0 Å². The molecule has 0 unspecified atom stereocenters. The number of hydrogen-bond acceptors (Lipinski definition) is 9. The highest BCUT2D eigenvalue weighted by molar-refractivity contribution is 5.59. The normalized spacial score (nSPS) is 13.8. The Labute approximate surface area is 299 Å². The molecule has 10 nitrogen and oxygen atoms in total. The second-order valence-corrected chi connectivity index (χ2v) is 13.3. The van der Waals surface area contributed by atoms with E-state index in [-0.39, 0.29) is 5.69 Å². The summed E-state index contributed by atoms with van der Waals surface area (Å²) < 4.78 is 6.16. The van der Waals surface area contributed by atoms with Gasteiger partial charge in [0.1, 0.15) is 11.4 Å². The molecule has 0 atom stereocenters. The van der Waals surface area contributed by atoms with Crippen LogP contribution in [0.15, 0.2) is 87.2 Å². The molecule has 0 bridgehead atoms. The Bertz CT molecular complexity index is 1450. The average Bonchev–Trinajstić information content (AvgIpc) is 3.15. The van der Waals surface area contributed by atoms with Gasteiger partial charge in [0, 0.05) is 50.1 Å². The molecule has 50 heavy (non-hydrogen) atoms. The molecule has 10 heteroatoms. The van der Waals surface area contributed by atoms with Crippen molar-refractivity contribution in [2.45, 2.75) is 104 Å². The fourth-order valence-corrected chi connectivity index (χ4v) is 6.12. The second-order valence-electron chi connectivity index (χ2n) is 13.3.